The van der Waals surface area contributed by atoms with Crippen molar-refractivity contribution in [3.8, 4) is 11.1 Å². The Morgan fingerprint density at radius 3 is 2.85 bits per heavy atom. The van der Waals surface area contributed by atoms with Crippen molar-refractivity contribution in [2.75, 3.05) is 5.32 Å². The molecule has 1 saturated heterocycles. The lowest BCUT2D eigenvalue weighted by Crippen LogP contribution is -2.54. The van der Waals surface area contributed by atoms with Crippen LogP contribution in [0, 0.1) is 0 Å². The molecule has 33 heavy (non-hydrogen) atoms. The Morgan fingerprint density at radius 1 is 1.21 bits per heavy atom. The summed E-state index contributed by atoms with van der Waals surface area (Å²) >= 11 is 0. The zero-order chi connectivity index (χ0) is 23.0. The summed E-state index contributed by atoms with van der Waals surface area (Å²) in [7, 11) is 0. The van der Waals surface area contributed by atoms with Gasteiger partial charge >= 0.3 is 0 Å². The molecule has 4 atom stereocenters. The third-order valence-corrected chi connectivity index (χ3v) is 6.67. The van der Waals surface area contributed by atoms with Gasteiger partial charge in [-0.3, -0.25) is 14.6 Å². The number of carbonyl (C=O) groups excluding carboxylic acids is 1. The molecule has 8 heteroatoms. The molecule has 4 N–H and O–H groups in total. The number of benzene rings is 1. The minimum absolute atomic E-state index is 0.0269. The number of aromatic nitrogens is 2. The second-order valence-corrected chi connectivity index (χ2v) is 8.64. The number of pyridine rings is 2. The second kappa shape index (κ2) is 8.55. The Balaban J connectivity index is 1.42. The van der Waals surface area contributed by atoms with Gasteiger partial charge in [-0.2, -0.15) is 0 Å². The molecular formula is C25H25N3O5. The normalized spacial score (nSPS) is 26.5. The smallest absolute Gasteiger partial charge is 0.261 e. The van der Waals surface area contributed by atoms with Gasteiger partial charge in [-0.15, -0.1) is 0 Å². The number of hydrogen-bond acceptors (Lipinski definition) is 6. The highest BCUT2D eigenvalue weighted by molar-refractivity contribution is 6.05. The van der Waals surface area contributed by atoms with E-state index in [2.05, 4.69) is 15.3 Å². The maximum atomic E-state index is 13.1. The van der Waals surface area contributed by atoms with Gasteiger partial charge in [-0.1, -0.05) is 30.3 Å². The Morgan fingerprint density at radius 2 is 2.03 bits per heavy atom. The zero-order valence-corrected chi connectivity index (χ0v) is 17.9. The van der Waals surface area contributed by atoms with Crippen molar-refractivity contribution in [2.45, 2.75) is 49.6 Å². The van der Waals surface area contributed by atoms with Gasteiger partial charge in [-0.05, 0) is 30.9 Å². The number of fused-ring (bicyclic) bond motifs is 1. The molecule has 1 aromatic carbocycles. The fourth-order valence-electron chi connectivity index (χ4n) is 4.87. The fraction of sp³-hybridized carbons (Fsp3) is 0.320. The number of aliphatic hydroxyl groups is 2. The van der Waals surface area contributed by atoms with Crippen molar-refractivity contribution in [2.24, 2.45) is 0 Å². The standard InChI is InChI=1S/C25H25N3O5/c29-21-11-20(33-22-7-4-9-25(21,22)32)16-8-10-26-14-19(16)28-24(31)18-13-27-12-17(23(18)30)15-5-2-1-3-6-15/h1-3,5-6,8,10,12-14,20-22,29,32H,4,7,9,11H2,(H,27,30)(H,28,31)/t20-,21-,22-,25+/m0/s1. The first kappa shape index (κ1) is 21.5. The fourth-order valence-corrected chi connectivity index (χ4v) is 4.87. The number of H-pyrrole nitrogens is 1. The number of nitrogens with zero attached hydrogens (tertiary/aromatic N) is 1. The number of nitrogens with one attached hydrogen (secondary N) is 2. The van der Waals surface area contributed by atoms with E-state index in [1.807, 2.05) is 18.2 Å². The van der Waals surface area contributed by atoms with Crippen LogP contribution in [0.4, 0.5) is 5.69 Å². The van der Waals surface area contributed by atoms with E-state index in [0.29, 0.717) is 35.2 Å². The molecule has 0 radical (unpaired) electrons. The number of hydrogen-bond donors (Lipinski definition) is 4. The predicted octanol–water partition coefficient (Wildman–Crippen LogP) is 2.80. The molecule has 0 bridgehead atoms. The Hall–Kier alpha value is -3.33. The van der Waals surface area contributed by atoms with E-state index in [1.54, 1.807) is 30.6 Å². The molecule has 3 aromatic rings. The first-order chi connectivity index (χ1) is 16.0. The molecule has 3 heterocycles. The van der Waals surface area contributed by atoms with Gasteiger partial charge in [0.05, 0.1) is 30.2 Å². The van der Waals surface area contributed by atoms with Crippen molar-refractivity contribution >= 4 is 11.6 Å². The average Bonchev–Trinajstić information content (AvgIpc) is 3.22. The van der Waals surface area contributed by atoms with Gasteiger partial charge in [0.2, 0.25) is 5.43 Å². The largest absolute Gasteiger partial charge is 0.390 e. The lowest BCUT2D eigenvalue weighted by Gasteiger charge is -2.43. The number of rotatable bonds is 4. The lowest BCUT2D eigenvalue weighted by molar-refractivity contribution is -0.215. The number of anilines is 1. The number of aliphatic hydroxyl groups excluding tert-OH is 1. The van der Waals surface area contributed by atoms with E-state index in [0.717, 1.165) is 6.42 Å². The molecule has 0 spiro atoms. The number of ether oxygens (including phenoxy) is 1. The molecule has 0 unspecified atom stereocenters. The average molecular weight is 447 g/mol. The zero-order valence-electron chi connectivity index (χ0n) is 17.9. The summed E-state index contributed by atoms with van der Waals surface area (Å²) in [5.41, 5.74) is 0.509. The molecule has 2 fully saturated rings. The summed E-state index contributed by atoms with van der Waals surface area (Å²) in [5, 5.41) is 24.2. The molecule has 1 amide bonds. The molecule has 170 valence electrons. The van der Waals surface area contributed by atoms with Crippen LogP contribution in [0.1, 0.15) is 47.7 Å². The van der Waals surface area contributed by atoms with E-state index in [9.17, 15) is 19.8 Å². The van der Waals surface area contributed by atoms with Crippen molar-refractivity contribution < 1.29 is 19.7 Å². The maximum absolute atomic E-state index is 13.1. The van der Waals surface area contributed by atoms with E-state index in [1.165, 1.54) is 12.4 Å². The van der Waals surface area contributed by atoms with Crippen molar-refractivity contribution in [1.82, 2.24) is 9.97 Å². The van der Waals surface area contributed by atoms with E-state index >= 15 is 0 Å². The third-order valence-electron chi connectivity index (χ3n) is 6.67. The maximum Gasteiger partial charge on any atom is 0.261 e. The predicted molar refractivity (Wildman–Crippen MR) is 122 cm³/mol. The lowest BCUT2D eigenvalue weighted by atomic mass is 9.84. The Labute approximate surface area is 190 Å². The molecule has 8 nitrogen and oxygen atoms in total. The molecule has 5 rings (SSSR count). The monoisotopic (exact) mass is 447 g/mol. The van der Waals surface area contributed by atoms with Gasteiger partial charge in [-0.25, -0.2) is 0 Å². The van der Waals surface area contributed by atoms with Gasteiger partial charge < -0.3 is 25.3 Å². The number of aromatic amines is 1. The van der Waals surface area contributed by atoms with Crippen LogP contribution in [0.5, 0.6) is 0 Å². The summed E-state index contributed by atoms with van der Waals surface area (Å²) in [6.45, 7) is 0. The van der Waals surface area contributed by atoms with Crippen LogP contribution in [0.15, 0.2) is 66.0 Å². The molecular weight excluding hydrogens is 422 g/mol. The third kappa shape index (κ3) is 3.86. The molecule has 1 aliphatic carbocycles. The Kier molecular flexibility index (Phi) is 5.57. The highest BCUT2D eigenvalue weighted by Crippen LogP contribution is 2.46. The highest BCUT2D eigenvalue weighted by Gasteiger charge is 2.52. The van der Waals surface area contributed by atoms with Crippen LogP contribution in [0.25, 0.3) is 11.1 Å². The topological polar surface area (TPSA) is 125 Å². The molecule has 2 aromatic heterocycles. The van der Waals surface area contributed by atoms with Crippen LogP contribution < -0.4 is 10.7 Å². The van der Waals surface area contributed by atoms with Gasteiger partial charge in [0.1, 0.15) is 11.2 Å². The first-order valence-corrected chi connectivity index (χ1v) is 11.0. The second-order valence-electron chi connectivity index (χ2n) is 8.64. The van der Waals surface area contributed by atoms with Crippen LogP contribution in [0.3, 0.4) is 0 Å². The summed E-state index contributed by atoms with van der Waals surface area (Å²) in [4.78, 5) is 33.1. The van der Waals surface area contributed by atoms with E-state index in [-0.39, 0.29) is 17.4 Å². The van der Waals surface area contributed by atoms with Crippen LogP contribution >= 0.6 is 0 Å². The number of carbonyl (C=O) groups is 1. The first-order valence-electron chi connectivity index (χ1n) is 11.0. The summed E-state index contributed by atoms with van der Waals surface area (Å²) < 4.78 is 6.14. The highest BCUT2D eigenvalue weighted by atomic mass is 16.5. The minimum Gasteiger partial charge on any atom is -0.390 e. The van der Waals surface area contributed by atoms with E-state index < -0.39 is 29.8 Å². The summed E-state index contributed by atoms with van der Waals surface area (Å²) in [5.74, 6) is -0.572. The summed E-state index contributed by atoms with van der Waals surface area (Å²) in [6, 6.07) is 10.8. The number of amides is 1. The molecule has 1 saturated carbocycles. The van der Waals surface area contributed by atoms with Crippen molar-refractivity contribution in [3.05, 3.63) is 82.5 Å². The van der Waals surface area contributed by atoms with Crippen molar-refractivity contribution in [3.63, 3.8) is 0 Å². The van der Waals surface area contributed by atoms with Crippen LogP contribution in [-0.4, -0.2) is 43.9 Å². The summed E-state index contributed by atoms with van der Waals surface area (Å²) in [6.07, 6.45) is 6.27. The van der Waals surface area contributed by atoms with E-state index in [4.69, 9.17) is 4.74 Å². The van der Waals surface area contributed by atoms with Crippen molar-refractivity contribution in [1.29, 1.82) is 0 Å². The molecule has 2 aliphatic rings. The minimum atomic E-state index is -1.22. The quantitative estimate of drug-likeness (QED) is 0.488. The van der Waals surface area contributed by atoms with Gasteiger partial charge in [0.15, 0.2) is 0 Å². The molecule has 1 aliphatic heterocycles. The van der Waals surface area contributed by atoms with Crippen LogP contribution in [0.2, 0.25) is 0 Å². The van der Waals surface area contributed by atoms with Gasteiger partial charge in [0, 0.05) is 36.1 Å². The van der Waals surface area contributed by atoms with Gasteiger partial charge in [0.25, 0.3) is 5.91 Å². The Bertz CT molecular complexity index is 1230. The van der Waals surface area contributed by atoms with Crippen LogP contribution in [-0.2, 0) is 4.74 Å². The SMILES string of the molecule is O=C(Nc1cnccc1[C@@H]1C[C@H](O)[C@]2(O)CCC[C@@H]2O1)c1c[nH]cc(-c2ccccc2)c1=O.